The third-order valence-electron chi connectivity index (χ3n) is 4.02. The molecule has 2 aromatic rings. The molecule has 0 spiro atoms. The van der Waals surface area contributed by atoms with Crippen molar-refractivity contribution in [2.24, 2.45) is 0 Å². The Morgan fingerprint density at radius 2 is 1.89 bits per heavy atom. The van der Waals surface area contributed by atoms with E-state index in [1.165, 1.54) is 37.4 Å². The maximum absolute atomic E-state index is 12.4. The van der Waals surface area contributed by atoms with Gasteiger partial charge in [0.05, 0.1) is 16.3 Å². The van der Waals surface area contributed by atoms with Crippen molar-refractivity contribution in [1.29, 1.82) is 0 Å². The van der Waals surface area contributed by atoms with E-state index in [4.69, 9.17) is 16.3 Å². The summed E-state index contributed by atoms with van der Waals surface area (Å²) in [5.74, 6) is -1.69. The quantitative estimate of drug-likeness (QED) is 0.609. The minimum Gasteiger partial charge on any atom is -0.449 e. The molecule has 144 valence electrons. The van der Waals surface area contributed by atoms with Crippen LogP contribution in [-0.4, -0.2) is 34.8 Å². The lowest BCUT2D eigenvalue weighted by molar-refractivity contribution is -0.124. The van der Waals surface area contributed by atoms with Crippen molar-refractivity contribution in [2.75, 3.05) is 10.2 Å². The highest BCUT2D eigenvalue weighted by molar-refractivity contribution is 6.30. The summed E-state index contributed by atoms with van der Waals surface area (Å²) in [6.07, 6.45) is 0.566. The van der Waals surface area contributed by atoms with E-state index in [2.05, 4.69) is 10.3 Å². The van der Waals surface area contributed by atoms with Crippen molar-refractivity contribution in [3.63, 3.8) is 0 Å². The molecule has 0 bridgehead atoms. The van der Waals surface area contributed by atoms with Gasteiger partial charge in [-0.05, 0) is 37.3 Å². The lowest BCUT2D eigenvalue weighted by atomic mass is 10.2. The van der Waals surface area contributed by atoms with Gasteiger partial charge in [0.15, 0.2) is 6.10 Å². The van der Waals surface area contributed by atoms with Gasteiger partial charge in [0.25, 0.3) is 5.91 Å². The molecule has 1 aliphatic rings. The fraction of sp³-hybridized carbons (Fsp3) is 0.211. The zero-order valence-electron chi connectivity index (χ0n) is 14.8. The molecule has 0 saturated carbocycles. The Morgan fingerprint density at radius 3 is 2.54 bits per heavy atom. The molecule has 3 amide bonds. The number of esters is 1. The van der Waals surface area contributed by atoms with Crippen molar-refractivity contribution < 1.29 is 23.9 Å². The molecule has 0 aliphatic carbocycles. The van der Waals surface area contributed by atoms with Crippen molar-refractivity contribution in [2.45, 2.75) is 25.9 Å². The number of carbonyl (C=O) groups excluding carboxylic acids is 4. The number of nitrogens with one attached hydrogen (secondary N) is 1. The molecule has 3 rings (SSSR count). The van der Waals surface area contributed by atoms with Gasteiger partial charge in [-0.2, -0.15) is 0 Å². The molecule has 1 N–H and O–H groups in total. The number of rotatable bonds is 5. The van der Waals surface area contributed by atoms with E-state index in [9.17, 15) is 19.2 Å². The van der Waals surface area contributed by atoms with Crippen LogP contribution < -0.4 is 10.2 Å². The first-order chi connectivity index (χ1) is 13.3. The normalized spacial score (nSPS) is 14.7. The van der Waals surface area contributed by atoms with Gasteiger partial charge in [-0.15, -0.1) is 0 Å². The van der Waals surface area contributed by atoms with Gasteiger partial charge < -0.3 is 10.1 Å². The van der Waals surface area contributed by atoms with Gasteiger partial charge in [0, 0.05) is 19.0 Å². The van der Waals surface area contributed by atoms with Crippen molar-refractivity contribution in [3.8, 4) is 0 Å². The summed E-state index contributed by atoms with van der Waals surface area (Å²) >= 11 is 5.74. The van der Waals surface area contributed by atoms with E-state index in [0.29, 0.717) is 10.7 Å². The molecule has 1 aromatic carbocycles. The molecular weight excluding hydrogens is 386 g/mol. The first-order valence-corrected chi connectivity index (χ1v) is 8.82. The van der Waals surface area contributed by atoms with Crippen LogP contribution in [0.4, 0.5) is 11.5 Å². The second-order valence-electron chi connectivity index (χ2n) is 6.07. The van der Waals surface area contributed by atoms with Crippen LogP contribution in [0.5, 0.6) is 0 Å². The predicted molar refractivity (Wildman–Crippen MR) is 101 cm³/mol. The Labute approximate surface area is 165 Å². The Balaban J connectivity index is 1.66. The fourth-order valence-electron chi connectivity index (χ4n) is 2.60. The molecule has 1 aromatic heterocycles. The molecule has 8 nitrogen and oxygen atoms in total. The van der Waals surface area contributed by atoms with E-state index in [-0.39, 0.29) is 36.0 Å². The minimum absolute atomic E-state index is 0.120. The number of hydrogen-bond donors (Lipinski definition) is 1. The SMILES string of the molecule is C[C@@H](OC(=O)c1cccc(N2C(=O)CCC2=O)c1)C(=O)Nc1ccc(Cl)cn1. The molecule has 0 unspecified atom stereocenters. The fourth-order valence-corrected chi connectivity index (χ4v) is 2.71. The molecule has 0 radical (unpaired) electrons. The number of pyridine rings is 1. The van der Waals surface area contributed by atoms with Crippen LogP contribution in [0.2, 0.25) is 5.02 Å². The minimum atomic E-state index is -1.09. The van der Waals surface area contributed by atoms with Crippen LogP contribution in [0.3, 0.4) is 0 Å². The number of ether oxygens (including phenoxy) is 1. The van der Waals surface area contributed by atoms with Crippen LogP contribution in [0.15, 0.2) is 42.6 Å². The van der Waals surface area contributed by atoms with E-state index in [1.807, 2.05) is 0 Å². The summed E-state index contributed by atoms with van der Waals surface area (Å²) in [5, 5.41) is 2.93. The Bertz CT molecular complexity index is 929. The molecule has 2 heterocycles. The molecule has 1 aliphatic heterocycles. The maximum atomic E-state index is 12.4. The first kappa shape index (κ1) is 19.5. The third-order valence-corrected chi connectivity index (χ3v) is 4.25. The molecule has 1 saturated heterocycles. The largest absolute Gasteiger partial charge is 0.449 e. The van der Waals surface area contributed by atoms with Gasteiger partial charge >= 0.3 is 5.97 Å². The number of imide groups is 1. The average molecular weight is 402 g/mol. The zero-order valence-corrected chi connectivity index (χ0v) is 15.6. The molecule has 1 atom stereocenters. The number of hydrogen-bond acceptors (Lipinski definition) is 6. The van der Waals surface area contributed by atoms with Crippen LogP contribution in [-0.2, 0) is 19.1 Å². The smallest absolute Gasteiger partial charge is 0.338 e. The van der Waals surface area contributed by atoms with Crippen LogP contribution >= 0.6 is 11.6 Å². The van der Waals surface area contributed by atoms with E-state index < -0.39 is 18.0 Å². The van der Waals surface area contributed by atoms with Gasteiger partial charge in [-0.25, -0.2) is 9.78 Å². The predicted octanol–water partition coefficient (Wildman–Crippen LogP) is 2.57. The second kappa shape index (κ2) is 8.18. The summed E-state index contributed by atoms with van der Waals surface area (Å²) in [5.41, 5.74) is 0.415. The highest BCUT2D eigenvalue weighted by Gasteiger charge is 2.30. The molecule has 28 heavy (non-hydrogen) atoms. The number of nitrogens with zero attached hydrogens (tertiary/aromatic N) is 2. The summed E-state index contributed by atoms with van der Waals surface area (Å²) < 4.78 is 5.17. The highest BCUT2D eigenvalue weighted by Crippen LogP contribution is 2.24. The first-order valence-electron chi connectivity index (χ1n) is 8.44. The van der Waals surface area contributed by atoms with Crippen molar-refractivity contribution in [1.82, 2.24) is 4.98 Å². The highest BCUT2D eigenvalue weighted by atomic mass is 35.5. The van der Waals surface area contributed by atoms with Crippen LogP contribution in [0, 0.1) is 0 Å². The van der Waals surface area contributed by atoms with Gasteiger partial charge in [-0.3, -0.25) is 19.3 Å². The number of aromatic nitrogens is 1. The monoisotopic (exact) mass is 401 g/mol. The molecule has 9 heteroatoms. The van der Waals surface area contributed by atoms with E-state index in [1.54, 1.807) is 12.1 Å². The molecular formula is C19H16ClN3O5. The van der Waals surface area contributed by atoms with Gasteiger partial charge in [-0.1, -0.05) is 17.7 Å². The van der Waals surface area contributed by atoms with Crippen molar-refractivity contribution in [3.05, 3.63) is 53.2 Å². The number of benzene rings is 1. The number of carbonyl (C=O) groups is 4. The maximum Gasteiger partial charge on any atom is 0.338 e. The number of halogens is 1. The van der Waals surface area contributed by atoms with Crippen LogP contribution in [0.1, 0.15) is 30.1 Å². The lowest BCUT2D eigenvalue weighted by Gasteiger charge is -2.16. The van der Waals surface area contributed by atoms with Gasteiger partial charge in [0.1, 0.15) is 5.82 Å². The lowest BCUT2D eigenvalue weighted by Crippen LogP contribution is -2.31. The summed E-state index contributed by atoms with van der Waals surface area (Å²) in [6, 6.07) is 9.03. The Kier molecular flexibility index (Phi) is 5.70. The summed E-state index contributed by atoms with van der Waals surface area (Å²) in [6.45, 7) is 1.42. The van der Waals surface area contributed by atoms with Gasteiger partial charge in [0.2, 0.25) is 11.8 Å². The average Bonchev–Trinajstić information content (AvgIpc) is 3.01. The topological polar surface area (TPSA) is 106 Å². The summed E-state index contributed by atoms with van der Waals surface area (Å²) in [4.78, 5) is 53.2. The molecule has 1 fully saturated rings. The Hall–Kier alpha value is -3.26. The second-order valence-corrected chi connectivity index (χ2v) is 6.51. The summed E-state index contributed by atoms with van der Waals surface area (Å²) in [7, 11) is 0. The Morgan fingerprint density at radius 1 is 1.18 bits per heavy atom. The van der Waals surface area contributed by atoms with Crippen molar-refractivity contribution >= 4 is 46.8 Å². The van der Waals surface area contributed by atoms with E-state index in [0.717, 1.165) is 4.90 Å². The number of amides is 3. The number of anilines is 2. The third kappa shape index (κ3) is 4.34. The van der Waals surface area contributed by atoms with E-state index >= 15 is 0 Å². The zero-order chi connectivity index (χ0) is 20.3. The van der Waals surface area contributed by atoms with Crippen LogP contribution in [0.25, 0.3) is 0 Å². The standard InChI is InChI=1S/C19H16ClN3O5/c1-11(18(26)22-15-6-5-13(20)10-21-15)28-19(27)12-3-2-4-14(9-12)23-16(24)7-8-17(23)25/h2-6,9-11H,7-8H2,1H3,(H,21,22,26)/t11-/m1/s1.